The monoisotopic (exact) mass is 317 g/mol. The molecular formula is C17H23N3O3. The van der Waals surface area contributed by atoms with Crippen molar-refractivity contribution in [3.8, 4) is 0 Å². The fourth-order valence-electron chi connectivity index (χ4n) is 3.03. The fourth-order valence-corrected chi connectivity index (χ4v) is 3.03. The Hall–Kier alpha value is -1.92. The summed E-state index contributed by atoms with van der Waals surface area (Å²) in [6, 6.07) is 9.34. The number of amides is 2. The minimum Gasteiger partial charge on any atom is -0.366 e. The van der Waals surface area contributed by atoms with Crippen LogP contribution in [0.4, 0.5) is 0 Å². The SMILES string of the molecule is O=C(NC1CCN(C(=O)C2CNCCO2)CC1)c1ccccc1. The molecule has 2 saturated heterocycles. The zero-order valence-electron chi connectivity index (χ0n) is 13.2. The van der Waals surface area contributed by atoms with E-state index < -0.39 is 0 Å². The molecule has 2 aliphatic rings. The predicted octanol–water partition coefficient (Wildman–Crippen LogP) is 0.396. The van der Waals surface area contributed by atoms with Gasteiger partial charge < -0.3 is 20.3 Å². The van der Waals surface area contributed by atoms with Gasteiger partial charge in [-0.1, -0.05) is 18.2 Å². The Morgan fingerprint density at radius 3 is 2.57 bits per heavy atom. The summed E-state index contributed by atoms with van der Waals surface area (Å²) >= 11 is 0. The van der Waals surface area contributed by atoms with Crippen LogP contribution in [0.2, 0.25) is 0 Å². The minimum absolute atomic E-state index is 0.0461. The van der Waals surface area contributed by atoms with Crippen LogP contribution in [0.3, 0.4) is 0 Å². The van der Waals surface area contributed by atoms with Crippen molar-refractivity contribution in [2.75, 3.05) is 32.8 Å². The molecule has 124 valence electrons. The van der Waals surface area contributed by atoms with Crippen molar-refractivity contribution in [3.63, 3.8) is 0 Å². The van der Waals surface area contributed by atoms with Gasteiger partial charge in [0.25, 0.3) is 11.8 Å². The summed E-state index contributed by atoms with van der Waals surface area (Å²) in [5, 5.41) is 6.23. The van der Waals surface area contributed by atoms with Gasteiger partial charge in [0.05, 0.1) is 6.61 Å². The molecule has 2 heterocycles. The van der Waals surface area contributed by atoms with Gasteiger partial charge in [-0.2, -0.15) is 0 Å². The average Bonchev–Trinajstić information content (AvgIpc) is 2.63. The Labute approximate surface area is 136 Å². The van der Waals surface area contributed by atoms with E-state index in [0.29, 0.717) is 31.8 Å². The number of nitrogens with one attached hydrogen (secondary N) is 2. The molecule has 0 bridgehead atoms. The van der Waals surface area contributed by atoms with E-state index >= 15 is 0 Å². The third kappa shape index (κ3) is 4.09. The van der Waals surface area contributed by atoms with Crippen LogP contribution in [-0.4, -0.2) is 61.6 Å². The normalized spacial score (nSPS) is 22.6. The maximum Gasteiger partial charge on any atom is 0.253 e. The fraction of sp³-hybridized carbons (Fsp3) is 0.529. The highest BCUT2D eigenvalue weighted by Crippen LogP contribution is 2.14. The van der Waals surface area contributed by atoms with Crippen LogP contribution in [-0.2, 0) is 9.53 Å². The largest absolute Gasteiger partial charge is 0.366 e. The second kappa shape index (κ2) is 7.57. The Morgan fingerprint density at radius 1 is 1.17 bits per heavy atom. The lowest BCUT2D eigenvalue weighted by atomic mass is 10.0. The number of ether oxygens (including phenoxy) is 1. The number of piperidine rings is 1. The summed E-state index contributed by atoms with van der Waals surface area (Å²) in [6.45, 7) is 3.30. The molecule has 6 nitrogen and oxygen atoms in total. The topological polar surface area (TPSA) is 70.7 Å². The second-order valence-electron chi connectivity index (χ2n) is 6.00. The molecule has 2 fully saturated rings. The number of hydrogen-bond donors (Lipinski definition) is 2. The van der Waals surface area contributed by atoms with Crippen LogP contribution >= 0.6 is 0 Å². The van der Waals surface area contributed by atoms with E-state index in [2.05, 4.69) is 10.6 Å². The van der Waals surface area contributed by atoms with E-state index in [1.165, 1.54) is 0 Å². The van der Waals surface area contributed by atoms with E-state index in [9.17, 15) is 9.59 Å². The maximum absolute atomic E-state index is 12.4. The van der Waals surface area contributed by atoms with Gasteiger partial charge in [-0.3, -0.25) is 9.59 Å². The number of carbonyl (C=O) groups excluding carboxylic acids is 2. The number of nitrogens with zero attached hydrogens (tertiary/aromatic N) is 1. The summed E-state index contributed by atoms with van der Waals surface area (Å²) in [4.78, 5) is 26.4. The van der Waals surface area contributed by atoms with Crippen molar-refractivity contribution >= 4 is 11.8 Å². The molecule has 0 spiro atoms. The zero-order chi connectivity index (χ0) is 16.1. The number of rotatable bonds is 3. The van der Waals surface area contributed by atoms with E-state index in [1.807, 2.05) is 23.1 Å². The van der Waals surface area contributed by atoms with Gasteiger partial charge in [-0.05, 0) is 25.0 Å². The number of carbonyl (C=O) groups is 2. The van der Waals surface area contributed by atoms with Gasteiger partial charge in [0.2, 0.25) is 0 Å². The molecule has 1 aromatic rings. The molecule has 1 unspecified atom stereocenters. The van der Waals surface area contributed by atoms with Crippen molar-refractivity contribution in [3.05, 3.63) is 35.9 Å². The molecule has 0 aromatic heterocycles. The van der Waals surface area contributed by atoms with E-state index in [4.69, 9.17) is 4.74 Å². The Bertz CT molecular complexity index is 535. The molecule has 6 heteroatoms. The third-order valence-electron chi connectivity index (χ3n) is 4.38. The quantitative estimate of drug-likeness (QED) is 0.846. The number of likely N-dealkylation sites (tertiary alicyclic amines) is 1. The van der Waals surface area contributed by atoms with Crippen molar-refractivity contribution in [2.45, 2.75) is 25.0 Å². The highest BCUT2D eigenvalue weighted by molar-refractivity contribution is 5.94. The Morgan fingerprint density at radius 2 is 1.91 bits per heavy atom. The summed E-state index contributed by atoms with van der Waals surface area (Å²) in [6.07, 6.45) is 1.20. The molecular weight excluding hydrogens is 294 g/mol. The standard InChI is InChI=1S/C17H23N3O3/c21-16(13-4-2-1-3-5-13)19-14-6-9-20(10-7-14)17(22)15-12-18-8-11-23-15/h1-5,14-15,18H,6-12H2,(H,19,21). The molecule has 0 aliphatic carbocycles. The molecule has 23 heavy (non-hydrogen) atoms. The van der Waals surface area contributed by atoms with Crippen LogP contribution in [0, 0.1) is 0 Å². The predicted molar refractivity (Wildman–Crippen MR) is 86.1 cm³/mol. The first-order valence-corrected chi connectivity index (χ1v) is 8.21. The van der Waals surface area contributed by atoms with Gasteiger partial charge in [0.15, 0.2) is 0 Å². The Kier molecular flexibility index (Phi) is 5.25. The van der Waals surface area contributed by atoms with Gasteiger partial charge >= 0.3 is 0 Å². The van der Waals surface area contributed by atoms with Gasteiger partial charge in [0, 0.05) is 37.8 Å². The van der Waals surface area contributed by atoms with Crippen molar-refractivity contribution in [1.82, 2.24) is 15.5 Å². The molecule has 1 aromatic carbocycles. The lowest BCUT2D eigenvalue weighted by Gasteiger charge is -2.35. The smallest absolute Gasteiger partial charge is 0.253 e. The lowest BCUT2D eigenvalue weighted by molar-refractivity contribution is -0.146. The van der Waals surface area contributed by atoms with Gasteiger partial charge in [-0.15, -0.1) is 0 Å². The molecule has 0 saturated carbocycles. The molecule has 2 aliphatic heterocycles. The van der Waals surface area contributed by atoms with E-state index in [0.717, 1.165) is 19.4 Å². The molecule has 2 N–H and O–H groups in total. The average molecular weight is 317 g/mol. The van der Waals surface area contributed by atoms with Crippen molar-refractivity contribution < 1.29 is 14.3 Å². The van der Waals surface area contributed by atoms with Crippen LogP contribution in [0.5, 0.6) is 0 Å². The summed E-state index contributed by atoms with van der Waals surface area (Å²) < 4.78 is 5.52. The summed E-state index contributed by atoms with van der Waals surface area (Å²) in [7, 11) is 0. The van der Waals surface area contributed by atoms with E-state index in [-0.39, 0.29) is 24.0 Å². The second-order valence-corrected chi connectivity index (χ2v) is 6.00. The minimum atomic E-state index is -0.362. The number of hydrogen-bond acceptors (Lipinski definition) is 4. The van der Waals surface area contributed by atoms with Gasteiger partial charge in [0.1, 0.15) is 6.10 Å². The van der Waals surface area contributed by atoms with Crippen LogP contribution in [0.25, 0.3) is 0 Å². The molecule has 3 rings (SSSR count). The van der Waals surface area contributed by atoms with Crippen LogP contribution < -0.4 is 10.6 Å². The first-order chi connectivity index (χ1) is 11.2. The third-order valence-corrected chi connectivity index (χ3v) is 4.38. The zero-order valence-corrected chi connectivity index (χ0v) is 13.2. The van der Waals surface area contributed by atoms with Crippen LogP contribution in [0.1, 0.15) is 23.2 Å². The van der Waals surface area contributed by atoms with E-state index in [1.54, 1.807) is 12.1 Å². The highest BCUT2D eigenvalue weighted by atomic mass is 16.5. The summed E-state index contributed by atoms with van der Waals surface area (Å²) in [5.41, 5.74) is 0.674. The number of benzene rings is 1. The molecule has 1 atom stereocenters. The lowest BCUT2D eigenvalue weighted by Crippen LogP contribution is -2.53. The maximum atomic E-state index is 12.4. The van der Waals surface area contributed by atoms with Gasteiger partial charge in [-0.25, -0.2) is 0 Å². The highest BCUT2D eigenvalue weighted by Gasteiger charge is 2.30. The number of morpholine rings is 1. The molecule has 2 amide bonds. The first kappa shape index (κ1) is 16.0. The van der Waals surface area contributed by atoms with Crippen molar-refractivity contribution in [1.29, 1.82) is 0 Å². The Balaban J connectivity index is 1.46. The van der Waals surface area contributed by atoms with Crippen molar-refractivity contribution in [2.24, 2.45) is 0 Å². The molecule has 0 radical (unpaired) electrons. The van der Waals surface area contributed by atoms with Crippen LogP contribution in [0.15, 0.2) is 30.3 Å². The summed E-state index contributed by atoms with van der Waals surface area (Å²) in [5.74, 6) is 0.0141. The first-order valence-electron chi connectivity index (χ1n) is 8.21.